The van der Waals surface area contributed by atoms with Crippen molar-refractivity contribution in [1.29, 1.82) is 0 Å². The van der Waals surface area contributed by atoms with E-state index in [1.54, 1.807) is 18.2 Å². The maximum atomic E-state index is 13.5. The Balaban J connectivity index is 1.87. The third kappa shape index (κ3) is 3.05. The number of anilines is 2. The van der Waals surface area contributed by atoms with Crippen LogP contribution in [0, 0.1) is 5.82 Å². The molecule has 1 saturated heterocycles. The van der Waals surface area contributed by atoms with Gasteiger partial charge >= 0.3 is 0 Å². The molecule has 21 heavy (non-hydrogen) atoms. The third-order valence-corrected chi connectivity index (χ3v) is 3.69. The molecule has 1 fully saturated rings. The van der Waals surface area contributed by atoms with Crippen molar-refractivity contribution in [1.82, 2.24) is 0 Å². The van der Waals surface area contributed by atoms with Gasteiger partial charge in [-0.15, -0.1) is 0 Å². The van der Waals surface area contributed by atoms with E-state index in [0.717, 1.165) is 31.6 Å². The number of benzene rings is 2. The topological polar surface area (TPSA) is 32.3 Å². The maximum Gasteiger partial charge on any atom is 0.255 e. The zero-order chi connectivity index (χ0) is 14.7. The van der Waals surface area contributed by atoms with Gasteiger partial charge in [0, 0.05) is 18.7 Å². The monoisotopic (exact) mass is 284 g/mol. The van der Waals surface area contributed by atoms with Gasteiger partial charge in [0.25, 0.3) is 5.91 Å². The zero-order valence-corrected chi connectivity index (χ0v) is 11.7. The highest BCUT2D eigenvalue weighted by Crippen LogP contribution is 2.30. The summed E-state index contributed by atoms with van der Waals surface area (Å²) in [7, 11) is 0. The summed E-state index contributed by atoms with van der Waals surface area (Å²) in [6.45, 7) is 1.89. The normalized spacial score (nSPS) is 14.2. The second-order valence-electron chi connectivity index (χ2n) is 5.18. The quantitative estimate of drug-likeness (QED) is 0.932. The number of halogens is 1. The molecule has 0 unspecified atom stereocenters. The zero-order valence-electron chi connectivity index (χ0n) is 11.7. The van der Waals surface area contributed by atoms with Crippen molar-refractivity contribution < 1.29 is 9.18 Å². The lowest BCUT2D eigenvalue weighted by Crippen LogP contribution is -2.21. The van der Waals surface area contributed by atoms with Crippen molar-refractivity contribution in [3.05, 3.63) is 59.9 Å². The van der Waals surface area contributed by atoms with Gasteiger partial charge in [-0.1, -0.05) is 18.2 Å². The predicted molar refractivity (Wildman–Crippen MR) is 82.2 cm³/mol. The summed E-state index contributed by atoms with van der Waals surface area (Å²) < 4.78 is 13.5. The van der Waals surface area contributed by atoms with Crippen molar-refractivity contribution in [2.45, 2.75) is 12.8 Å². The van der Waals surface area contributed by atoms with E-state index < -0.39 is 0 Å². The fourth-order valence-electron chi connectivity index (χ4n) is 2.63. The Hall–Kier alpha value is -2.36. The first-order valence-corrected chi connectivity index (χ1v) is 7.15. The van der Waals surface area contributed by atoms with Crippen molar-refractivity contribution in [2.24, 2.45) is 0 Å². The molecule has 3 nitrogen and oxygen atoms in total. The van der Waals surface area contributed by atoms with Crippen LogP contribution in [-0.2, 0) is 0 Å². The Morgan fingerprint density at radius 2 is 1.76 bits per heavy atom. The van der Waals surface area contributed by atoms with Gasteiger partial charge in [-0.05, 0) is 43.2 Å². The summed E-state index contributed by atoms with van der Waals surface area (Å²) in [6.07, 6.45) is 2.26. The maximum absolute atomic E-state index is 13.5. The van der Waals surface area contributed by atoms with Crippen LogP contribution in [0.2, 0.25) is 0 Å². The molecule has 1 aliphatic rings. The summed E-state index contributed by atoms with van der Waals surface area (Å²) in [6, 6.07) is 13.5. The first-order valence-electron chi connectivity index (χ1n) is 7.15. The second-order valence-corrected chi connectivity index (χ2v) is 5.18. The number of hydrogen-bond donors (Lipinski definition) is 1. The Bertz CT molecular complexity index is 636. The lowest BCUT2D eigenvalue weighted by Gasteiger charge is -2.21. The van der Waals surface area contributed by atoms with Gasteiger partial charge in [0.2, 0.25) is 0 Å². The summed E-state index contributed by atoms with van der Waals surface area (Å²) in [5.41, 5.74) is 1.98. The van der Waals surface area contributed by atoms with Crippen molar-refractivity contribution >= 4 is 17.3 Å². The number of carbonyl (C=O) groups excluding carboxylic acids is 1. The third-order valence-electron chi connectivity index (χ3n) is 3.69. The van der Waals surface area contributed by atoms with E-state index >= 15 is 0 Å². The first-order chi connectivity index (χ1) is 10.2. The molecule has 0 atom stereocenters. The number of amides is 1. The molecule has 2 aromatic rings. The van der Waals surface area contributed by atoms with Gasteiger partial charge in [-0.25, -0.2) is 4.39 Å². The van der Waals surface area contributed by atoms with Crippen LogP contribution in [-0.4, -0.2) is 19.0 Å². The lowest BCUT2D eigenvalue weighted by molar-refractivity contribution is 0.102. The van der Waals surface area contributed by atoms with Crippen LogP contribution in [0.25, 0.3) is 0 Å². The molecule has 0 saturated carbocycles. The van der Waals surface area contributed by atoms with Crippen LogP contribution in [0.15, 0.2) is 48.5 Å². The van der Waals surface area contributed by atoms with E-state index in [1.807, 2.05) is 18.2 Å². The van der Waals surface area contributed by atoms with Crippen LogP contribution in [0.3, 0.4) is 0 Å². The van der Waals surface area contributed by atoms with E-state index in [4.69, 9.17) is 0 Å². The molecule has 1 amide bonds. The first kappa shape index (κ1) is 13.6. The molecule has 1 N–H and O–H groups in total. The molecular weight excluding hydrogens is 267 g/mol. The fraction of sp³-hybridized carbons (Fsp3) is 0.235. The van der Waals surface area contributed by atoms with Gasteiger partial charge in [0.15, 0.2) is 0 Å². The highest BCUT2D eigenvalue weighted by molar-refractivity contribution is 6.05. The van der Waals surface area contributed by atoms with Gasteiger partial charge < -0.3 is 10.2 Å². The number of hydrogen-bond acceptors (Lipinski definition) is 2. The Morgan fingerprint density at radius 3 is 2.48 bits per heavy atom. The minimum atomic E-state index is -0.346. The van der Waals surface area contributed by atoms with Gasteiger partial charge in [0.1, 0.15) is 5.82 Å². The van der Waals surface area contributed by atoms with E-state index in [2.05, 4.69) is 10.2 Å². The van der Waals surface area contributed by atoms with E-state index in [1.165, 1.54) is 12.1 Å². The molecule has 4 heteroatoms. The van der Waals surface area contributed by atoms with Crippen LogP contribution in [0.1, 0.15) is 23.2 Å². The molecule has 108 valence electrons. The molecule has 0 bridgehead atoms. The van der Waals surface area contributed by atoms with Crippen LogP contribution in [0.5, 0.6) is 0 Å². The van der Waals surface area contributed by atoms with Crippen molar-refractivity contribution in [2.75, 3.05) is 23.3 Å². The van der Waals surface area contributed by atoms with Gasteiger partial charge in [0.05, 0.1) is 11.4 Å². The molecule has 2 aromatic carbocycles. The van der Waals surface area contributed by atoms with Crippen LogP contribution in [0.4, 0.5) is 15.8 Å². The minimum absolute atomic E-state index is 0.221. The molecule has 0 radical (unpaired) electrons. The molecule has 1 aliphatic heterocycles. The summed E-state index contributed by atoms with van der Waals surface area (Å²) in [5.74, 6) is -0.567. The summed E-state index contributed by atoms with van der Waals surface area (Å²) in [4.78, 5) is 14.4. The number of carbonyl (C=O) groups is 1. The average molecular weight is 284 g/mol. The molecule has 3 rings (SSSR count). The molecule has 0 aliphatic carbocycles. The fourth-order valence-corrected chi connectivity index (χ4v) is 2.63. The average Bonchev–Trinajstić information content (AvgIpc) is 3.02. The number of nitrogens with zero attached hydrogens (tertiary/aromatic N) is 1. The van der Waals surface area contributed by atoms with E-state index in [-0.39, 0.29) is 11.7 Å². The predicted octanol–water partition coefficient (Wildman–Crippen LogP) is 3.68. The lowest BCUT2D eigenvalue weighted by atomic mass is 10.2. The van der Waals surface area contributed by atoms with E-state index in [9.17, 15) is 9.18 Å². The summed E-state index contributed by atoms with van der Waals surface area (Å²) in [5, 5.41) is 2.82. The van der Waals surface area contributed by atoms with Gasteiger partial charge in [-0.2, -0.15) is 0 Å². The molecule has 1 heterocycles. The standard InChI is InChI=1S/C17H17FN2O/c18-14-8-9-16(20-10-4-5-11-20)15(12-14)19-17(21)13-6-2-1-3-7-13/h1-3,6-9,12H,4-5,10-11H2,(H,19,21). The highest BCUT2D eigenvalue weighted by Gasteiger charge is 2.17. The highest BCUT2D eigenvalue weighted by atomic mass is 19.1. The minimum Gasteiger partial charge on any atom is -0.370 e. The Labute approximate surface area is 123 Å². The summed E-state index contributed by atoms with van der Waals surface area (Å²) >= 11 is 0. The van der Waals surface area contributed by atoms with E-state index in [0.29, 0.717) is 11.3 Å². The number of nitrogens with one attached hydrogen (secondary N) is 1. The number of rotatable bonds is 3. The largest absolute Gasteiger partial charge is 0.370 e. The SMILES string of the molecule is O=C(Nc1cc(F)ccc1N1CCCC1)c1ccccc1. The van der Waals surface area contributed by atoms with Gasteiger partial charge in [-0.3, -0.25) is 4.79 Å². The van der Waals surface area contributed by atoms with Crippen LogP contribution >= 0.6 is 0 Å². The second kappa shape index (κ2) is 5.95. The molecular formula is C17H17FN2O. The van der Waals surface area contributed by atoms with Crippen LogP contribution < -0.4 is 10.2 Å². The molecule has 0 aromatic heterocycles. The van der Waals surface area contributed by atoms with Crippen molar-refractivity contribution in [3.63, 3.8) is 0 Å². The Kier molecular flexibility index (Phi) is 3.86. The van der Waals surface area contributed by atoms with Crippen molar-refractivity contribution in [3.8, 4) is 0 Å². The smallest absolute Gasteiger partial charge is 0.255 e. The molecule has 0 spiro atoms. The Morgan fingerprint density at radius 1 is 1.05 bits per heavy atom.